The van der Waals surface area contributed by atoms with Gasteiger partial charge >= 0.3 is 0 Å². The van der Waals surface area contributed by atoms with Gasteiger partial charge in [-0.2, -0.15) is 5.26 Å². The van der Waals surface area contributed by atoms with Crippen molar-refractivity contribution in [2.24, 2.45) is 5.92 Å². The van der Waals surface area contributed by atoms with Gasteiger partial charge in [0.15, 0.2) is 0 Å². The third-order valence-electron chi connectivity index (χ3n) is 2.05. The van der Waals surface area contributed by atoms with Crippen LogP contribution >= 0.6 is 0 Å². The maximum Gasteiger partial charge on any atom is 0.136 e. The van der Waals surface area contributed by atoms with E-state index in [0.29, 0.717) is 9.52 Å². The molecule has 0 N–H and O–H groups in total. The van der Waals surface area contributed by atoms with Crippen LogP contribution in [0.1, 0.15) is 26.2 Å². The van der Waals surface area contributed by atoms with Gasteiger partial charge in [-0.3, -0.25) is 0 Å². The van der Waals surface area contributed by atoms with Crippen LogP contribution in [0.3, 0.4) is 0 Å². The van der Waals surface area contributed by atoms with Crippen molar-refractivity contribution >= 4 is 9.52 Å². The SMILES string of the molecule is CCCC(C#N)CC[Si]C(OC)OC. The Bertz CT molecular complexity index is 166. The minimum absolute atomic E-state index is 0.0871. The summed E-state index contributed by atoms with van der Waals surface area (Å²) in [5.74, 6) is 0.123. The predicted octanol–water partition coefficient (Wildman–Crippen LogP) is 2.02. The number of hydrogen-bond acceptors (Lipinski definition) is 3. The standard InChI is InChI=1S/C10H19NO2Si/c1-4-5-9(8-11)6-7-14-10(12-2)13-3/h9-10H,4-7H2,1-3H3. The van der Waals surface area contributed by atoms with Crippen molar-refractivity contribution in [3.05, 3.63) is 0 Å². The van der Waals surface area contributed by atoms with E-state index in [0.717, 1.165) is 25.3 Å². The average Bonchev–Trinajstić information content (AvgIpc) is 2.23. The summed E-state index contributed by atoms with van der Waals surface area (Å²) >= 11 is 0. The van der Waals surface area contributed by atoms with Gasteiger partial charge in [-0.15, -0.1) is 0 Å². The van der Waals surface area contributed by atoms with E-state index in [-0.39, 0.29) is 11.8 Å². The molecular weight excluding hydrogens is 194 g/mol. The first-order valence-electron chi connectivity index (χ1n) is 4.97. The molecule has 14 heavy (non-hydrogen) atoms. The van der Waals surface area contributed by atoms with E-state index in [1.807, 2.05) is 0 Å². The molecule has 3 nitrogen and oxygen atoms in total. The van der Waals surface area contributed by atoms with Crippen LogP contribution in [0, 0.1) is 17.2 Å². The molecule has 0 aromatic heterocycles. The number of methoxy groups -OCH3 is 2. The highest BCUT2D eigenvalue weighted by molar-refractivity contribution is 6.36. The first-order valence-corrected chi connectivity index (χ1v) is 6.25. The summed E-state index contributed by atoms with van der Waals surface area (Å²) in [6.07, 6.45) is 3.05. The lowest BCUT2D eigenvalue weighted by Crippen LogP contribution is -2.21. The molecule has 0 bridgehead atoms. The Morgan fingerprint density at radius 3 is 2.36 bits per heavy atom. The minimum atomic E-state index is -0.0871. The van der Waals surface area contributed by atoms with E-state index in [1.54, 1.807) is 14.2 Å². The summed E-state index contributed by atoms with van der Waals surface area (Å²) in [5.41, 5.74) is 0. The Morgan fingerprint density at radius 1 is 1.29 bits per heavy atom. The van der Waals surface area contributed by atoms with Gasteiger partial charge in [0.1, 0.15) is 15.4 Å². The molecule has 0 aliphatic heterocycles. The summed E-state index contributed by atoms with van der Waals surface area (Å²) < 4.78 is 10.2. The second kappa shape index (κ2) is 9.19. The fourth-order valence-corrected chi connectivity index (χ4v) is 2.34. The van der Waals surface area contributed by atoms with Gasteiger partial charge in [0.05, 0.1) is 6.07 Å². The molecular formula is C10H19NO2Si. The van der Waals surface area contributed by atoms with Crippen molar-refractivity contribution in [2.45, 2.75) is 38.1 Å². The summed E-state index contributed by atoms with van der Waals surface area (Å²) in [6.45, 7) is 2.11. The zero-order valence-electron chi connectivity index (χ0n) is 9.25. The molecule has 1 atom stereocenters. The first-order chi connectivity index (χ1) is 6.78. The fourth-order valence-electron chi connectivity index (χ4n) is 1.26. The third kappa shape index (κ3) is 6.14. The highest BCUT2D eigenvalue weighted by Gasteiger charge is 2.10. The van der Waals surface area contributed by atoms with Crippen molar-refractivity contribution in [3.63, 3.8) is 0 Å². The zero-order chi connectivity index (χ0) is 10.8. The van der Waals surface area contributed by atoms with Gasteiger partial charge in [-0.25, -0.2) is 0 Å². The van der Waals surface area contributed by atoms with Gasteiger partial charge in [0, 0.05) is 20.1 Å². The number of rotatable bonds is 8. The molecule has 0 aromatic carbocycles. The fraction of sp³-hybridized carbons (Fsp3) is 0.900. The lowest BCUT2D eigenvalue weighted by molar-refractivity contribution is -0.0441. The molecule has 0 rings (SSSR count). The molecule has 0 heterocycles. The lowest BCUT2D eigenvalue weighted by atomic mass is 10.0. The smallest absolute Gasteiger partial charge is 0.136 e. The van der Waals surface area contributed by atoms with Crippen LogP contribution in [0.25, 0.3) is 0 Å². The number of ether oxygens (including phenoxy) is 2. The molecule has 4 heteroatoms. The zero-order valence-corrected chi connectivity index (χ0v) is 10.2. The van der Waals surface area contributed by atoms with Crippen molar-refractivity contribution < 1.29 is 9.47 Å². The quantitative estimate of drug-likeness (QED) is 0.457. The van der Waals surface area contributed by atoms with E-state index >= 15 is 0 Å². The predicted molar refractivity (Wildman–Crippen MR) is 57.0 cm³/mol. The van der Waals surface area contributed by atoms with Crippen LogP contribution in [0.5, 0.6) is 0 Å². The van der Waals surface area contributed by atoms with Crippen molar-refractivity contribution in [1.82, 2.24) is 0 Å². The van der Waals surface area contributed by atoms with Crippen molar-refractivity contribution in [3.8, 4) is 6.07 Å². The van der Waals surface area contributed by atoms with E-state index in [9.17, 15) is 0 Å². The van der Waals surface area contributed by atoms with E-state index in [4.69, 9.17) is 14.7 Å². The normalized spacial score (nSPS) is 12.8. The second-order valence-corrected chi connectivity index (χ2v) is 4.54. The van der Waals surface area contributed by atoms with Gasteiger partial charge in [0.2, 0.25) is 0 Å². The molecule has 0 saturated heterocycles. The minimum Gasteiger partial charge on any atom is -0.360 e. The number of nitriles is 1. The van der Waals surface area contributed by atoms with Gasteiger partial charge < -0.3 is 9.47 Å². The molecule has 80 valence electrons. The lowest BCUT2D eigenvalue weighted by Gasteiger charge is -2.13. The van der Waals surface area contributed by atoms with Crippen LogP contribution < -0.4 is 0 Å². The van der Waals surface area contributed by atoms with Crippen LogP contribution in [0.2, 0.25) is 6.04 Å². The summed E-state index contributed by atoms with van der Waals surface area (Å²) in [4.78, 5) is 0. The molecule has 0 aromatic rings. The van der Waals surface area contributed by atoms with Crippen LogP contribution in [-0.2, 0) is 9.47 Å². The number of hydrogen-bond donors (Lipinski definition) is 0. The van der Waals surface area contributed by atoms with Crippen LogP contribution in [0.15, 0.2) is 0 Å². The van der Waals surface area contributed by atoms with E-state index in [1.165, 1.54) is 0 Å². The van der Waals surface area contributed by atoms with Crippen LogP contribution in [0.4, 0.5) is 0 Å². The third-order valence-corrected chi connectivity index (χ3v) is 3.43. The highest BCUT2D eigenvalue weighted by atomic mass is 28.2. The number of nitrogens with zero attached hydrogens (tertiary/aromatic N) is 1. The Kier molecular flexibility index (Phi) is 8.95. The molecule has 1 unspecified atom stereocenters. The van der Waals surface area contributed by atoms with Crippen LogP contribution in [-0.4, -0.2) is 29.7 Å². The average molecular weight is 213 g/mol. The molecule has 0 aliphatic rings. The maximum absolute atomic E-state index is 8.83. The summed E-state index contributed by atoms with van der Waals surface area (Å²) in [6, 6.07) is 3.35. The Balaban J connectivity index is 3.55. The van der Waals surface area contributed by atoms with E-state index in [2.05, 4.69) is 13.0 Å². The summed E-state index contributed by atoms with van der Waals surface area (Å²) in [5, 5.41) is 8.83. The molecule has 2 radical (unpaired) electrons. The summed E-state index contributed by atoms with van der Waals surface area (Å²) in [7, 11) is 3.92. The Morgan fingerprint density at radius 2 is 1.93 bits per heavy atom. The second-order valence-electron chi connectivity index (χ2n) is 3.16. The van der Waals surface area contributed by atoms with Crippen molar-refractivity contribution in [2.75, 3.05) is 14.2 Å². The Labute approximate surface area is 89.2 Å². The molecule has 0 amide bonds. The topological polar surface area (TPSA) is 42.2 Å². The van der Waals surface area contributed by atoms with Gasteiger partial charge in [0.25, 0.3) is 0 Å². The van der Waals surface area contributed by atoms with E-state index < -0.39 is 0 Å². The molecule has 0 spiro atoms. The monoisotopic (exact) mass is 213 g/mol. The van der Waals surface area contributed by atoms with Gasteiger partial charge in [-0.1, -0.05) is 19.4 Å². The maximum atomic E-state index is 8.83. The van der Waals surface area contributed by atoms with Gasteiger partial charge in [-0.05, 0) is 12.8 Å². The highest BCUT2D eigenvalue weighted by Crippen LogP contribution is 2.12. The largest absolute Gasteiger partial charge is 0.360 e. The van der Waals surface area contributed by atoms with Crippen molar-refractivity contribution in [1.29, 1.82) is 5.26 Å². The first kappa shape index (κ1) is 13.6. The molecule has 0 aliphatic carbocycles. The molecule has 0 fully saturated rings. The Hall–Kier alpha value is -0.373. The molecule has 0 saturated carbocycles.